The predicted octanol–water partition coefficient (Wildman–Crippen LogP) is 2.33. The minimum Gasteiger partial charge on any atom is -0.358 e. The van der Waals surface area contributed by atoms with Crippen LogP contribution in [0, 0.1) is 13.8 Å². The Morgan fingerprint density at radius 3 is 2.95 bits per heavy atom. The number of aromatic nitrogens is 2. The highest BCUT2D eigenvalue weighted by molar-refractivity contribution is 7.99. The van der Waals surface area contributed by atoms with E-state index in [1.54, 1.807) is 13.2 Å². The van der Waals surface area contributed by atoms with Crippen LogP contribution in [0.2, 0.25) is 0 Å². The maximum absolute atomic E-state index is 11.3. The Labute approximate surface area is 117 Å². The van der Waals surface area contributed by atoms with Crippen LogP contribution in [0.25, 0.3) is 5.69 Å². The van der Waals surface area contributed by atoms with E-state index in [4.69, 9.17) is 0 Å². The normalized spacial score (nSPS) is 10.5. The quantitative estimate of drug-likeness (QED) is 0.871. The molecular formula is C14H17N3OS. The molecule has 0 fully saturated rings. The SMILES string of the molecule is CNC(=O)CSc1nccn1-c1cccc(C)c1C. The van der Waals surface area contributed by atoms with Crippen molar-refractivity contribution in [2.24, 2.45) is 0 Å². The van der Waals surface area contributed by atoms with E-state index in [1.807, 2.05) is 16.8 Å². The Bertz CT molecular complexity index is 592. The number of nitrogens with zero attached hydrogens (tertiary/aromatic N) is 2. The molecule has 1 aromatic carbocycles. The maximum atomic E-state index is 11.3. The molecule has 0 radical (unpaired) electrons. The van der Waals surface area contributed by atoms with Crippen LogP contribution in [0.3, 0.4) is 0 Å². The first-order valence-corrected chi connectivity index (χ1v) is 7.05. The zero-order valence-electron chi connectivity index (χ0n) is 11.3. The zero-order chi connectivity index (χ0) is 13.8. The maximum Gasteiger partial charge on any atom is 0.230 e. The standard InChI is InChI=1S/C14H17N3OS/c1-10-5-4-6-12(11(10)2)17-8-7-16-14(17)19-9-13(18)15-3/h4-8H,9H2,1-3H3,(H,15,18). The number of thioether (sulfide) groups is 1. The van der Waals surface area contributed by atoms with Gasteiger partial charge in [-0.3, -0.25) is 9.36 Å². The molecule has 1 aromatic heterocycles. The first kappa shape index (κ1) is 13.7. The second-order valence-corrected chi connectivity index (χ2v) is 5.20. The summed E-state index contributed by atoms with van der Waals surface area (Å²) in [5.41, 5.74) is 3.58. The third-order valence-corrected chi connectivity index (χ3v) is 4.02. The fourth-order valence-electron chi connectivity index (χ4n) is 1.78. The molecule has 2 rings (SSSR count). The van der Waals surface area contributed by atoms with Gasteiger partial charge in [0.1, 0.15) is 0 Å². The highest BCUT2D eigenvalue weighted by Gasteiger charge is 2.10. The molecule has 0 aliphatic rings. The van der Waals surface area contributed by atoms with Crippen LogP contribution >= 0.6 is 11.8 Å². The molecule has 100 valence electrons. The number of hydrogen-bond donors (Lipinski definition) is 1. The topological polar surface area (TPSA) is 46.9 Å². The summed E-state index contributed by atoms with van der Waals surface area (Å²) in [4.78, 5) is 15.6. The minimum absolute atomic E-state index is 0.000476. The molecule has 4 nitrogen and oxygen atoms in total. The van der Waals surface area contributed by atoms with E-state index >= 15 is 0 Å². The molecule has 0 aliphatic carbocycles. The summed E-state index contributed by atoms with van der Waals surface area (Å²) >= 11 is 1.44. The number of amides is 1. The molecule has 0 aliphatic heterocycles. The average molecular weight is 275 g/mol. The second kappa shape index (κ2) is 5.93. The van der Waals surface area contributed by atoms with Gasteiger partial charge in [-0.25, -0.2) is 4.98 Å². The van der Waals surface area contributed by atoms with Gasteiger partial charge in [-0.2, -0.15) is 0 Å². The van der Waals surface area contributed by atoms with E-state index in [-0.39, 0.29) is 5.91 Å². The van der Waals surface area contributed by atoms with Crippen LogP contribution in [0.15, 0.2) is 35.7 Å². The predicted molar refractivity (Wildman–Crippen MR) is 77.8 cm³/mol. The Hall–Kier alpha value is -1.75. The smallest absolute Gasteiger partial charge is 0.230 e. The fraction of sp³-hybridized carbons (Fsp3) is 0.286. The van der Waals surface area contributed by atoms with E-state index in [1.165, 1.54) is 22.9 Å². The van der Waals surface area contributed by atoms with Crippen LogP contribution in [0.4, 0.5) is 0 Å². The monoisotopic (exact) mass is 275 g/mol. The van der Waals surface area contributed by atoms with E-state index < -0.39 is 0 Å². The van der Waals surface area contributed by atoms with Crippen LogP contribution in [0.5, 0.6) is 0 Å². The van der Waals surface area contributed by atoms with Gasteiger partial charge in [-0.05, 0) is 31.0 Å². The van der Waals surface area contributed by atoms with Crippen molar-refractivity contribution in [2.75, 3.05) is 12.8 Å². The first-order valence-electron chi connectivity index (χ1n) is 6.07. The number of rotatable bonds is 4. The molecule has 5 heteroatoms. The molecule has 0 atom stereocenters. The van der Waals surface area contributed by atoms with E-state index in [0.29, 0.717) is 5.75 Å². The minimum atomic E-state index is 0.000476. The molecule has 1 amide bonds. The van der Waals surface area contributed by atoms with Crippen molar-refractivity contribution in [1.82, 2.24) is 14.9 Å². The highest BCUT2D eigenvalue weighted by atomic mass is 32.2. The Morgan fingerprint density at radius 1 is 1.42 bits per heavy atom. The molecule has 0 spiro atoms. The number of carbonyl (C=O) groups excluding carboxylic acids is 1. The van der Waals surface area contributed by atoms with Crippen molar-refractivity contribution in [1.29, 1.82) is 0 Å². The molecule has 2 aromatic rings. The summed E-state index contributed by atoms with van der Waals surface area (Å²) in [6, 6.07) is 6.19. The average Bonchev–Trinajstić information content (AvgIpc) is 2.87. The lowest BCUT2D eigenvalue weighted by Gasteiger charge is -2.12. The molecule has 1 heterocycles. The van der Waals surface area contributed by atoms with E-state index in [0.717, 1.165) is 10.8 Å². The molecule has 0 unspecified atom stereocenters. The van der Waals surface area contributed by atoms with Crippen molar-refractivity contribution in [3.05, 3.63) is 41.7 Å². The van der Waals surface area contributed by atoms with Crippen molar-refractivity contribution < 1.29 is 4.79 Å². The van der Waals surface area contributed by atoms with Gasteiger partial charge in [0.15, 0.2) is 5.16 Å². The van der Waals surface area contributed by atoms with Gasteiger partial charge in [0.25, 0.3) is 0 Å². The first-order chi connectivity index (χ1) is 9.13. The summed E-state index contributed by atoms with van der Waals surface area (Å²) in [7, 11) is 1.64. The van der Waals surface area contributed by atoms with Gasteiger partial charge in [-0.15, -0.1) is 0 Å². The summed E-state index contributed by atoms with van der Waals surface area (Å²) in [6.45, 7) is 4.19. The summed E-state index contributed by atoms with van der Waals surface area (Å²) in [5, 5.41) is 3.44. The third-order valence-electron chi connectivity index (χ3n) is 3.05. The summed E-state index contributed by atoms with van der Waals surface area (Å²) in [5.74, 6) is 0.374. The third kappa shape index (κ3) is 2.98. The van der Waals surface area contributed by atoms with Crippen molar-refractivity contribution in [3.63, 3.8) is 0 Å². The second-order valence-electron chi connectivity index (χ2n) is 4.26. The number of benzene rings is 1. The van der Waals surface area contributed by atoms with Gasteiger partial charge >= 0.3 is 0 Å². The van der Waals surface area contributed by atoms with Crippen LogP contribution in [-0.4, -0.2) is 28.3 Å². The Morgan fingerprint density at radius 2 is 2.21 bits per heavy atom. The molecule has 0 saturated heterocycles. The highest BCUT2D eigenvalue weighted by Crippen LogP contribution is 2.23. The lowest BCUT2D eigenvalue weighted by atomic mass is 10.1. The zero-order valence-corrected chi connectivity index (χ0v) is 12.1. The van der Waals surface area contributed by atoms with Gasteiger partial charge in [0, 0.05) is 19.4 Å². The number of hydrogen-bond acceptors (Lipinski definition) is 3. The van der Waals surface area contributed by atoms with Crippen molar-refractivity contribution in [2.45, 2.75) is 19.0 Å². The number of aryl methyl sites for hydroxylation is 1. The summed E-state index contributed by atoms with van der Waals surface area (Å²) < 4.78 is 2.02. The summed E-state index contributed by atoms with van der Waals surface area (Å²) in [6.07, 6.45) is 3.68. The van der Waals surface area contributed by atoms with Crippen molar-refractivity contribution in [3.8, 4) is 5.69 Å². The Kier molecular flexibility index (Phi) is 4.27. The van der Waals surface area contributed by atoms with Gasteiger partial charge in [0.05, 0.1) is 11.4 Å². The lowest BCUT2D eigenvalue weighted by Crippen LogP contribution is -2.20. The molecule has 0 saturated carbocycles. The molecule has 19 heavy (non-hydrogen) atoms. The van der Waals surface area contributed by atoms with Crippen molar-refractivity contribution >= 4 is 17.7 Å². The Balaban J connectivity index is 2.29. The van der Waals surface area contributed by atoms with Crippen LogP contribution in [-0.2, 0) is 4.79 Å². The van der Waals surface area contributed by atoms with Gasteiger partial charge in [-0.1, -0.05) is 23.9 Å². The van der Waals surface area contributed by atoms with Gasteiger partial charge < -0.3 is 5.32 Å². The molecular weight excluding hydrogens is 258 g/mol. The van der Waals surface area contributed by atoms with Gasteiger partial charge in [0.2, 0.25) is 5.91 Å². The van der Waals surface area contributed by atoms with E-state index in [9.17, 15) is 4.79 Å². The largest absolute Gasteiger partial charge is 0.358 e. The number of carbonyl (C=O) groups is 1. The molecule has 0 bridgehead atoms. The van der Waals surface area contributed by atoms with Crippen LogP contribution < -0.4 is 5.32 Å². The fourth-order valence-corrected chi connectivity index (χ4v) is 2.62. The van der Waals surface area contributed by atoms with E-state index in [2.05, 4.69) is 36.3 Å². The number of imidazole rings is 1. The number of nitrogens with one attached hydrogen (secondary N) is 1. The molecule has 1 N–H and O–H groups in total. The van der Waals surface area contributed by atoms with Crippen LogP contribution in [0.1, 0.15) is 11.1 Å². The lowest BCUT2D eigenvalue weighted by molar-refractivity contribution is -0.118.